The van der Waals surface area contributed by atoms with Crippen molar-refractivity contribution in [3.8, 4) is 0 Å². The van der Waals surface area contributed by atoms with Gasteiger partial charge in [-0.05, 0) is 53.0 Å². The molecule has 6 rings (SSSR count). The Labute approximate surface area is 69.1 Å². The first-order valence-corrected chi connectivity index (χ1v) is 4.89. The molecule has 0 aromatic heterocycles. The second-order valence-electron chi connectivity index (χ2n) is 5.09. The summed E-state index contributed by atoms with van der Waals surface area (Å²) in [5.41, 5.74) is 0.0936. The molecule has 6 aliphatic rings. The van der Waals surface area contributed by atoms with Crippen LogP contribution in [0.5, 0.6) is 0 Å². The number of rotatable bonds is 1. The standard InChI is InChI=1S/C9H7ClO/c10-8(11)9-5-2-1-3(5)7(9)4(1)6(2)9/h1-7H. The summed E-state index contributed by atoms with van der Waals surface area (Å²) in [4.78, 5) is 11.2. The molecule has 0 atom stereocenters. The van der Waals surface area contributed by atoms with Crippen molar-refractivity contribution < 1.29 is 4.79 Å². The van der Waals surface area contributed by atoms with Crippen LogP contribution in [0.2, 0.25) is 0 Å². The molecular formula is C9H7ClO. The summed E-state index contributed by atoms with van der Waals surface area (Å²) in [5, 5.41) is 0.0133. The van der Waals surface area contributed by atoms with E-state index in [9.17, 15) is 4.79 Å². The van der Waals surface area contributed by atoms with E-state index in [2.05, 4.69) is 0 Å². The maximum atomic E-state index is 11.2. The highest BCUT2D eigenvalue weighted by atomic mass is 35.5. The zero-order valence-corrected chi connectivity index (χ0v) is 6.58. The Morgan fingerprint density at radius 3 is 1.73 bits per heavy atom. The third kappa shape index (κ3) is 0.176. The molecule has 0 amide bonds. The first-order valence-electron chi connectivity index (χ1n) is 4.51. The molecule has 11 heavy (non-hydrogen) atoms. The van der Waals surface area contributed by atoms with Gasteiger partial charge in [-0.15, -0.1) is 0 Å². The van der Waals surface area contributed by atoms with Crippen LogP contribution in [-0.4, -0.2) is 5.24 Å². The average molecular weight is 167 g/mol. The molecule has 56 valence electrons. The van der Waals surface area contributed by atoms with Crippen LogP contribution in [-0.2, 0) is 4.79 Å². The van der Waals surface area contributed by atoms with Gasteiger partial charge in [0.1, 0.15) is 0 Å². The van der Waals surface area contributed by atoms with E-state index in [4.69, 9.17) is 11.6 Å². The molecule has 6 aliphatic carbocycles. The quantitative estimate of drug-likeness (QED) is 0.534. The molecule has 2 heteroatoms. The zero-order chi connectivity index (χ0) is 7.12. The molecule has 0 unspecified atom stereocenters. The highest BCUT2D eigenvalue weighted by Crippen LogP contribution is 3.06. The van der Waals surface area contributed by atoms with Crippen molar-refractivity contribution in [3.63, 3.8) is 0 Å². The van der Waals surface area contributed by atoms with E-state index >= 15 is 0 Å². The van der Waals surface area contributed by atoms with Gasteiger partial charge in [-0.3, -0.25) is 4.79 Å². The Kier molecular flexibility index (Phi) is 0.393. The first-order chi connectivity index (χ1) is 5.31. The molecule has 0 aromatic carbocycles. The van der Waals surface area contributed by atoms with E-state index in [0.29, 0.717) is 0 Å². The first kappa shape index (κ1) is 4.86. The van der Waals surface area contributed by atoms with E-state index in [1.807, 2.05) is 0 Å². The normalized spacial score (nSPS) is 88.3. The highest BCUT2D eigenvalue weighted by molar-refractivity contribution is 6.65. The van der Waals surface area contributed by atoms with Crippen LogP contribution in [0.4, 0.5) is 0 Å². The lowest BCUT2D eigenvalue weighted by molar-refractivity contribution is -0.594. The Bertz CT molecular complexity index is 284. The fourth-order valence-electron chi connectivity index (χ4n) is 5.82. The minimum atomic E-state index is 0.0133. The molecule has 6 fully saturated rings. The van der Waals surface area contributed by atoms with E-state index < -0.39 is 0 Å². The molecule has 0 radical (unpaired) electrons. The van der Waals surface area contributed by atoms with Gasteiger partial charge in [-0.2, -0.15) is 0 Å². The van der Waals surface area contributed by atoms with Gasteiger partial charge in [0.2, 0.25) is 5.24 Å². The zero-order valence-electron chi connectivity index (χ0n) is 5.83. The van der Waals surface area contributed by atoms with Crippen LogP contribution in [0.1, 0.15) is 0 Å². The fraction of sp³-hybridized carbons (Fsp3) is 0.889. The van der Waals surface area contributed by atoms with Gasteiger partial charge in [0.05, 0.1) is 5.41 Å². The van der Waals surface area contributed by atoms with E-state index in [1.54, 1.807) is 0 Å². The predicted molar refractivity (Wildman–Crippen MR) is 37.7 cm³/mol. The summed E-state index contributed by atoms with van der Waals surface area (Å²) in [7, 11) is 0. The topological polar surface area (TPSA) is 17.1 Å². The van der Waals surface area contributed by atoms with Crippen LogP contribution in [0.15, 0.2) is 0 Å². The molecule has 0 bridgehead atoms. The van der Waals surface area contributed by atoms with Gasteiger partial charge >= 0.3 is 0 Å². The Morgan fingerprint density at radius 2 is 1.45 bits per heavy atom. The van der Waals surface area contributed by atoms with Crippen molar-refractivity contribution in [2.45, 2.75) is 0 Å². The van der Waals surface area contributed by atoms with Crippen LogP contribution in [0.3, 0.4) is 0 Å². The average Bonchev–Trinajstić information content (AvgIpc) is 2.05. The Balaban J connectivity index is 1.78. The molecule has 0 N–H and O–H groups in total. The van der Waals surface area contributed by atoms with Gasteiger partial charge in [0, 0.05) is 0 Å². The summed E-state index contributed by atoms with van der Waals surface area (Å²) < 4.78 is 0. The lowest BCUT2D eigenvalue weighted by Gasteiger charge is -3.06. The van der Waals surface area contributed by atoms with Crippen molar-refractivity contribution >= 4 is 16.8 Å². The van der Waals surface area contributed by atoms with Gasteiger partial charge in [-0.25, -0.2) is 0 Å². The molecule has 6 saturated carbocycles. The van der Waals surface area contributed by atoms with Crippen molar-refractivity contribution in [3.05, 3.63) is 0 Å². The van der Waals surface area contributed by atoms with Crippen molar-refractivity contribution in [2.24, 2.45) is 46.8 Å². The molecule has 0 aliphatic heterocycles. The minimum Gasteiger partial charge on any atom is -0.281 e. The minimum absolute atomic E-state index is 0.0133. The number of carbonyl (C=O) groups excluding carboxylic acids is 1. The summed E-state index contributed by atoms with van der Waals surface area (Å²) in [6.07, 6.45) is 0. The van der Waals surface area contributed by atoms with E-state index in [0.717, 1.165) is 41.4 Å². The number of halogens is 1. The number of carbonyl (C=O) groups is 1. The van der Waals surface area contributed by atoms with Crippen LogP contribution < -0.4 is 0 Å². The molecule has 0 spiro atoms. The maximum absolute atomic E-state index is 11.2. The lowest BCUT2D eigenvalue weighted by Crippen LogP contribution is -3.06. The molecule has 0 heterocycles. The van der Waals surface area contributed by atoms with Crippen molar-refractivity contribution in [1.82, 2.24) is 0 Å². The van der Waals surface area contributed by atoms with E-state index in [1.165, 1.54) is 0 Å². The third-order valence-electron chi connectivity index (χ3n) is 5.82. The highest BCUT2D eigenvalue weighted by Gasteiger charge is 3.05. The molecular weight excluding hydrogens is 160 g/mol. The molecule has 1 nitrogen and oxygen atoms in total. The second kappa shape index (κ2) is 0.891. The van der Waals surface area contributed by atoms with Gasteiger partial charge < -0.3 is 0 Å². The second-order valence-corrected chi connectivity index (χ2v) is 5.44. The smallest absolute Gasteiger partial charge is 0.228 e. The SMILES string of the molecule is O=C(Cl)C12C3C4C5C3C1C5C42. The number of hydrogen-bond acceptors (Lipinski definition) is 1. The lowest BCUT2D eigenvalue weighted by atomic mass is 8.97. The Hall–Kier alpha value is -0.0400. The monoisotopic (exact) mass is 166 g/mol. The van der Waals surface area contributed by atoms with E-state index in [-0.39, 0.29) is 10.7 Å². The number of hydrogen-bond donors (Lipinski definition) is 0. The van der Waals surface area contributed by atoms with Crippen LogP contribution in [0, 0.1) is 46.8 Å². The van der Waals surface area contributed by atoms with Gasteiger partial charge in [0.25, 0.3) is 0 Å². The molecule has 0 aromatic rings. The van der Waals surface area contributed by atoms with Crippen molar-refractivity contribution in [2.75, 3.05) is 0 Å². The summed E-state index contributed by atoms with van der Waals surface area (Å²) >= 11 is 5.65. The summed E-state index contributed by atoms with van der Waals surface area (Å²) in [5.74, 6) is 6.41. The molecule has 0 saturated heterocycles. The Morgan fingerprint density at radius 1 is 1.00 bits per heavy atom. The van der Waals surface area contributed by atoms with Crippen LogP contribution >= 0.6 is 11.6 Å². The van der Waals surface area contributed by atoms with Gasteiger partial charge in [0.15, 0.2) is 0 Å². The van der Waals surface area contributed by atoms with Crippen LogP contribution in [0.25, 0.3) is 0 Å². The van der Waals surface area contributed by atoms with Crippen molar-refractivity contribution in [1.29, 1.82) is 0 Å². The summed E-state index contributed by atoms with van der Waals surface area (Å²) in [6, 6.07) is 0. The predicted octanol–water partition coefficient (Wildman–Crippen LogP) is 1.12. The fourth-order valence-corrected chi connectivity index (χ4v) is 6.20. The maximum Gasteiger partial charge on any atom is 0.228 e. The third-order valence-corrected chi connectivity index (χ3v) is 6.14. The summed E-state index contributed by atoms with van der Waals surface area (Å²) in [6.45, 7) is 0. The largest absolute Gasteiger partial charge is 0.281 e. The van der Waals surface area contributed by atoms with Gasteiger partial charge in [-0.1, -0.05) is 0 Å².